The fraction of sp³-hybridized carbons (Fsp3) is 0. The van der Waals surface area contributed by atoms with Crippen LogP contribution in [-0.2, 0) is 0 Å². The van der Waals surface area contributed by atoms with Crippen molar-refractivity contribution in [3.05, 3.63) is 100 Å². The van der Waals surface area contributed by atoms with E-state index in [1.807, 2.05) is 36.4 Å². The second-order valence-electron chi connectivity index (χ2n) is 5.41. The van der Waals surface area contributed by atoms with Crippen molar-refractivity contribution in [2.24, 2.45) is 5.10 Å². The molecule has 0 aliphatic carbocycles. The fourth-order valence-electron chi connectivity index (χ4n) is 2.33. The number of para-hydroxylation sites is 1. The summed E-state index contributed by atoms with van der Waals surface area (Å²) in [5, 5.41) is 18.7. The summed E-state index contributed by atoms with van der Waals surface area (Å²) in [7, 11) is 0. The van der Waals surface area contributed by atoms with Crippen molar-refractivity contribution in [2.45, 2.75) is 0 Å². The van der Waals surface area contributed by atoms with Crippen LogP contribution in [0.1, 0.15) is 11.3 Å². The molecule has 7 nitrogen and oxygen atoms in total. The third kappa shape index (κ3) is 4.93. The van der Waals surface area contributed by atoms with Gasteiger partial charge in [-0.3, -0.25) is 20.5 Å². The molecule has 0 unspecified atom stereocenters. The van der Waals surface area contributed by atoms with Crippen LogP contribution in [0.5, 0.6) is 0 Å². The van der Waals surface area contributed by atoms with Gasteiger partial charge in [-0.15, -0.1) is 0 Å². The number of benzene rings is 2. The van der Waals surface area contributed by atoms with E-state index in [4.69, 9.17) is 12.2 Å². The second kappa shape index (κ2) is 8.63. The Hall–Kier alpha value is -3.65. The predicted octanol–water partition coefficient (Wildman–Crippen LogP) is 3.73. The molecule has 0 saturated heterocycles. The number of anilines is 1. The summed E-state index contributed by atoms with van der Waals surface area (Å²) in [6.07, 6.45) is 1.63. The van der Waals surface area contributed by atoms with E-state index in [0.717, 1.165) is 5.69 Å². The van der Waals surface area contributed by atoms with Gasteiger partial charge in [-0.05, 0) is 36.5 Å². The van der Waals surface area contributed by atoms with E-state index in [-0.39, 0.29) is 5.69 Å². The van der Waals surface area contributed by atoms with Crippen LogP contribution in [0.2, 0.25) is 0 Å². The maximum atomic E-state index is 11.1. The zero-order valence-corrected chi connectivity index (χ0v) is 14.9. The molecule has 0 saturated carbocycles. The third-order valence-corrected chi connectivity index (χ3v) is 3.73. The quantitative estimate of drug-likeness (QED) is 0.305. The minimum Gasteiger partial charge on any atom is -0.331 e. The van der Waals surface area contributed by atoms with Crippen molar-refractivity contribution in [1.29, 1.82) is 0 Å². The molecule has 0 aliphatic rings. The molecule has 3 aromatic rings. The van der Waals surface area contributed by atoms with E-state index in [9.17, 15) is 10.1 Å². The van der Waals surface area contributed by atoms with E-state index in [1.165, 1.54) is 12.1 Å². The zero-order chi connectivity index (χ0) is 19.1. The molecule has 2 N–H and O–H groups in total. The molecular weight excluding hydrogens is 362 g/mol. The molecule has 0 aliphatic heterocycles. The first-order valence-electron chi connectivity index (χ1n) is 7.99. The van der Waals surface area contributed by atoms with Crippen LogP contribution in [0.25, 0.3) is 0 Å². The number of thiocarbonyl (C=S) groups is 1. The number of hydrogen-bond donors (Lipinski definition) is 2. The van der Waals surface area contributed by atoms with Crippen LogP contribution in [0.15, 0.2) is 84.1 Å². The van der Waals surface area contributed by atoms with Crippen molar-refractivity contribution < 1.29 is 4.92 Å². The van der Waals surface area contributed by atoms with Crippen molar-refractivity contribution >= 4 is 34.4 Å². The number of non-ortho nitro benzene ring substituents is 1. The van der Waals surface area contributed by atoms with Crippen LogP contribution in [0, 0.1) is 10.1 Å². The summed E-state index contributed by atoms with van der Waals surface area (Å²) in [4.78, 5) is 14.9. The molecule has 3 rings (SSSR count). The highest BCUT2D eigenvalue weighted by atomic mass is 32.1. The highest BCUT2D eigenvalue weighted by Crippen LogP contribution is 2.16. The molecule has 0 spiro atoms. The Labute approximate surface area is 160 Å². The molecule has 0 fully saturated rings. The number of hydrazone groups is 1. The maximum absolute atomic E-state index is 11.1. The molecular formula is C19H15N5O2S. The second-order valence-corrected chi connectivity index (χ2v) is 5.82. The van der Waals surface area contributed by atoms with Crippen molar-refractivity contribution in [2.75, 3.05) is 5.32 Å². The monoisotopic (exact) mass is 377 g/mol. The Kier molecular flexibility index (Phi) is 5.80. The smallest absolute Gasteiger partial charge is 0.270 e. The largest absolute Gasteiger partial charge is 0.331 e. The summed E-state index contributed by atoms with van der Waals surface area (Å²) in [6, 6.07) is 21.0. The first kappa shape index (κ1) is 18.2. The first-order chi connectivity index (χ1) is 13.1. The van der Waals surface area contributed by atoms with Crippen LogP contribution in [0.4, 0.5) is 11.4 Å². The van der Waals surface area contributed by atoms with Crippen LogP contribution < -0.4 is 10.7 Å². The van der Waals surface area contributed by atoms with E-state index in [0.29, 0.717) is 22.1 Å². The Morgan fingerprint density at radius 1 is 1.04 bits per heavy atom. The molecule has 134 valence electrons. The lowest BCUT2D eigenvalue weighted by molar-refractivity contribution is -0.384. The Morgan fingerprint density at radius 2 is 1.81 bits per heavy atom. The average molecular weight is 377 g/mol. The summed E-state index contributed by atoms with van der Waals surface area (Å²) in [6.45, 7) is 0. The number of aromatic nitrogens is 1. The lowest BCUT2D eigenvalue weighted by atomic mass is 10.1. The molecule has 0 amide bonds. The number of nitrogens with zero attached hydrogens (tertiary/aromatic N) is 3. The maximum Gasteiger partial charge on any atom is 0.270 e. The lowest BCUT2D eigenvalue weighted by Crippen LogP contribution is -2.25. The van der Waals surface area contributed by atoms with Gasteiger partial charge in [0.2, 0.25) is 0 Å². The molecule has 1 aromatic heterocycles. The summed E-state index contributed by atoms with van der Waals surface area (Å²) in [5.41, 5.74) is 5.13. The number of hydrogen-bond acceptors (Lipinski definition) is 5. The Morgan fingerprint density at radius 3 is 2.52 bits per heavy atom. The molecule has 8 heteroatoms. The number of nitro benzene ring substituents is 1. The standard InChI is InChI=1S/C19H15N5O2S/c25-24(26)16-10-6-7-14(13-16)18(17-11-4-5-12-20-17)22-23-19(27)21-15-8-2-1-3-9-15/h1-13H,(H2,21,23,27)/b22-18-. The highest BCUT2D eigenvalue weighted by molar-refractivity contribution is 7.80. The number of nitro groups is 1. The number of nitrogens with one attached hydrogen (secondary N) is 2. The van der Waals surface area contributed by atoms with Gasteiger partial charge in [-0.1, -0.05) is 36.4 Å². The normalized spacial score (nSPS) is 10.9. The SMILES string of the molecule is O=[N+]([O-])c1cccc(/C(=N/NC(=S)Nc2ccccc2)c2ccccn2)c1. The molecule has 27 heavy (non-hydrogen) atoms. The molecule has 2 aromatic carbocycles. The van der Waals surface area contributed by atoms with Gasteiger partial charge >= 0.3 is 0 Å². The summed E-state index contributed by atoms with van der Waals surface area (Å²) < 4.78 is 0. The third-order valence-electron chi connectivity index (χ3n) is 3.54. The van der Waals surface area contributed by atoms with Crippen molar-refractivity contribution in [3.8, 4) is 0 Å². The minimum atomic E-state index is -0.450. The van der Waals surface area contributed by atoms with Gasteiger partial charge in [0.1, 0.15) is 5.71 Å². The van der Waals surface area contributed by atoms with Crippen LogP contribution in [-0.4, -0.2) is 20.7 Å². The van der Waals surface area contributed by atoms with Gasteiger partial charge in [0.05, 0.1) is 10.6 Å². The fourth-order valence-corrected chi connectivity index (χ4v) is 2.49. The molecule has 0 bridgehead atoms. The van der Waals surface area contributed by atoms with Gasteiger partial charge < -0.3 is 5.32 Å². The Bertz CT molecular complexity index is 978. The topological polar surface area (TPSA) is 92.5 Å². The van der Waals surface area contributed by atoms with Crippen LogP contribution in [0.3, 0.4) is 0 Å². The van der Waals surface area contributed by atoms with E-state index in [2.05, 4.69) is 20.8 Å². The molecule has 0 atom stereocenters. The van der Waals surface area contributed by atoms with E-state index >= 15 is 0 Å². The lowest BCUT2D eigenvalue weighted by Gasteiger charge is -2.10. The summed E-state index contributed by atoms with van der Waals surface area (Å²) >= 11 is 5.26. The highest BCUT2D eigenvalue weighted by Gasteiger charge is 2.13. The zero-order valence-electron chi connectivity index (χ0n) is 14.1. The molecule has 1 heterocycles. The number of pyridine rings is 1. The molecule has 0 radical (unpaired) electrons. The van der Waals surface area contributed by atoms with Gasteiger partial charge in [-0.2, -0.15) is 5.10 Å². The first-order valence-corrected chi connectivity index (χ1v) is 8.40. The van der Waals surface area contributed by atoms with Crippen LogP contribution >= 0.6 is 12.2 Å². The summed E-state index contributed by atoms with van der Waals surface area (Å²) in [5.74, 6) is 0. The number of rotatable bonds is 5. The van der Waals surface area contributed by atoms with Gasteiger partial charge in [0.25, 0.3) is 5.69 Å². The van der Waals surface area contributed by atoms with E-state index in [1.54, 1.807) is 30.5 Å². The van der Waals surface area contributed by atoms with Gasteiger partial charge in [-0.25, -0.2) is 0 Å². The predicted molar refractivity (Wildman–Crippen MR) is 109 cm³/mol. The van der Waals surface area contributed by atoms with Crippen molar-refractivity contribution in [1.82, 2.24) is 10.4 Å². The van der Waals surface area contributed by atoms with Gasteiger partial charge in [0.15, 0.2) is 5.11 Å². The average Bonchev–Trinajstić information content (AvgIpc) is 2.70. The minimum absolute atomic E-state index is 0.0267. The van der Waals surface area contributed by atoms with Gasteiger partial charge in [0, 0.05) is 29.6 Å². The van der Waals surface area contributed by atoms with Crippen molar-refractivity contribution in [3.63, 3.8) is 0 Å². The van der Waals surface area contributed by atoms with E-state index < -0.39 is 4.92 Å². The Balaban J connectivity index is 1.88.